The van der Waals surface area contributed by atoms with Crippen molar-refractivity contribution in [2.24, 2.45) is 0 Å². The minimum Gasteiger partial charge on any atom is -0.453 e. The lowest BCUT2D eigenvalue weighted by atomic mass is 10.1. The van der Waals surface area contributed by atoms with E-state index in [0.717, 1.165) is 21.8 Å². The van der Waals surface area contributed by atoms with E-state index in [4.69, 9.17) is 0 Å². The maximum Gasteiger partial charge on any atom is 0.407 e. The maximum absolute atomic E-state index is 12.8. The molecule has 2 heterocycles. The molecule has 8 heteroatoms. The van der Waals surface area contributed by atoms with Crippen LogP contribution in [0.5, 0.6) is 0 Å². The second-order valence-electron chi connectivity index (χ2n) is 6.66. The van der Waals surface area contributed by atoms with Gasteiger partial charge in [0.2, 0.25) is 5.91 Å². The van der Waals surface area contributed by atoms with Crippen LogP contribution in [0.2, 0.25) is 0 Å². The first-order valence-corrected chi connectivity index (χ1v) is 10.2. The van der Waals surface area contributed by atoms with Crippen molar-refractivity contribution in [3.8, 4) is 11.3 Å². The first-order chi connectivity index (χ1) is 14.6. The predicted molar refractivity (Wildman–Crippen MR) is 117 cm³/mol. The van der Waals surface area contributed by atoms with E-state index in [0.29, 0.717) is 12.1 Å². The van der Waals surface area contributed by atoms with Crippen LogP contribution in [0.4, 0.5) is 10.5 Å². The molecule has 7 nitrogen and oxygen atoms in total. The molecule has 152 valence electrons. The van der Waals surface area contributed by atoms with Crippen LogP contribution in [-0.4, -0.2) is 34.5 Å². The Labute approximate surface area is 177 Å². The molecule has 0 fully saturated rings. The molecule has 0 saturated heterocycles. The summed E-state index contributed by atoms with van der Waals surface area (Å²) >= 11 is 1.57. The van der Waals surface area contributed by atoms with Gasteiger partial charge in [0.25, 0.3) is 0 Å². The van der Waals surface area contributed by atoms with Gasteiger partial charge in [0.05, 0.1) is 12.8 Å². The van der Waals surface area contributed by atoms with Crippen molar-refractivity contribution in [1.82, 2.24) is 14.7 Å². The number of amides is 2. The minimum absolute atomic E-state index is 0.320. The number of benzene rings is 2. The molecular weight excluding hydrogens is 400 g/mol. The summed E-state index contributed by atoms with van der Waals surface area (Å²) in [5.74, 6) is -0.320. The number of hydrogen-bond donors (Lipinski definition) is 2. The SMILES string of the molecule is COC(=O)N[C@@H](Cc1ccccc1)C(=O)Nc1ccc(-c2cn3ccsc3n2)cc1. The van der Waals surface area contributed by atoms with Gasteiger partial charge in [0.15, 0.2) is 4.96 Å². The summed E-state index contributed by atoms with van der Waals surface area (Å²) in [7, 11) is 1.27. The Morgan fingerprint density at radius 3 is 2.60 bits per heavy atom. The third-order valence-corrected chi connectivity index (χ3v) is 5.39. The number of aromatic nitrogens is 2. The Morgan fingerprint density at radius 2 is 1.90 bits per heavy atom. The zero-order valence-corrected chi connectivity index (χ0v) is 17.1. The van der Waals surface area contributed by atoms with E-state index in [1.165, 1.54) is 7.11 Å². The highest BCUT2D eigenvalue weighted by molar-refractivity contribution is 7.15. The number of anilines is 1. The number of methoxy groups -OCH3 is 1. The molecule has 0 aliphatic heterocycles. The molecule has 0 spiro atoms. The van der Waals surface area contributed by atoms with Gasteiger partial charge in [-0.1, -0.05) is 42.5 Å². The van der Waals surface area contributed by atoms with Crippen LogP contribution in [0.3, 0.4) is 0 Å². The lowest BCUT2D eigenvalue weighted by Gasteiger charge is -2.18. The van der Waals surface area contributed by atoms with E-state index < -0.39 is 12.1 Å². The average molecular weight is 420 g/mol. The van der Waals surface area contributed by atoms with Crippen molar-refractivity contribution in [3.05, 3.63) is 77.9 Å². The fraction of sp³-hybridized carbons (Fsp3) is 0.136. The summed E-state index contributed by atoms with van der Waals surface area (Å²) in [6.45, 7) is 0. The molecule has 0 aliphatic carbocycles. The third kappa shape index (κ3) is 4.49. The number of imidazole rings is 1. The van der Waals surface area contributed by atoms with Gasteiger partial charge >= 0.3 is 6.09 Å². The van der Waals surface area contributed by atoms with E-state index in [1.54, 1.807) is 11.3 Å². The Hall–Kier alpha value is -3.65. The van der Waals surface area contributed by atoms with Crippen LogP contribution >= 0.6 is 11.3 Å². The summed E-state index contributed by atoms with van der Waals surface area (Å²) in [4.78, 5) is 30.0. The quantitative estimate of drug-likeness (QED) is 0.494. The van der Waals surface area contributed by atoms with Gasteiger partial charge in [0, 0.05) is 35.4 Å². The highest BCUT2D eigenvalue weighted by Gasteiger charge is 2.22. The molecule has 1 atom stereocenters. The Balaban J connectivity index is 1.46. The molecule has 4 rings (SSSR count). The molecular formula is C22H20N4O3S. The van der Waals surface area contributed by atoms with Crippen molar-refractivity contribution < 1.29 is 14.3 Å². The fourth-order valence-corrected chi connectivity index (χ4v) is 3.78. The standard InChI is InChI=1S/C22H20N4O3S/c1-29-22(28)25-18(13-15-5-3-2-4-6-15)20(27)23-17-9-7-16(8-10-17)19-14-26-11-12-30-21(26)24-19/h2-12,14,18H,13H2,1H3,(H,23,27)(H,25,28)/t18-/m0/s1. The lowest BCUT2D eigenvalue weighted by Crippen LogP contribution is -2.45. The Bertz CT molecular complexity index is 1120. The Kier molecular flexibility index (Phi) is 5.76. The number of fused-ring (bicyclic) bond motifs is 1. The predicted octanol–water partition coefficient (Wildman–Crippen LogP) is 3.97. The largest absolute Gasteiger partial charge is 0.453 e. The van der Waals surface area contributed by atoms with Gasteiger partial charge in [-0.3, -0.25) is 9.20 Å². The van der Waals surface area contributed by atoms with E-state index in [9.17, 15) is 9.59 Å². The maximum atomic E-state index is 12.8. The summed E-state index contributed by atoms with van der Waals surface area (Å²) in [5, 5.41) is 7.44. The number of rotatable bonds is 6. The Morgan fingerprint density at radius 1 is 1.13 bits per heavy atom. The fourth-order valence-electron chi connectivity index (χ4n) is 3.08. The summed E-state index contributed by atoms with van der Waals surface area (Å²) < 4.78 is 6.64. The van der Waals surface area contributed by atoms with Crippen LogP contribution < -0.4 is 10.6 Å². The number of nitrogens with zero attached hydrogens (tertiary/aromatic N) is 2. The van der Waals surface area contributed by atoms with Crippen LogP contribution in [0.25, 0.3) is 16.2 Å². The molecule has 0 unspecified atom stereocenters. The number of carbonyl (C=O) groups is 2. The molecule has 0 radical (unpaired) electrons. The molecule has 4 aromatic rings. The van der Waals surface area contributed by atoms with E-state index >= 15 is 0 Å². The smallest absolute Gasteiger partial charge is 0.407 e. The molecule has 2 aromatic carbocycles. The van der Waals surface area contributed by atoms with Crippen LogP contribution in [0, 0.1) is 0 Å². The summed E-state index contributed by atoms with van der Waals surface area (Å²) in [5.41, 5.74) is 3.39. The summed E-state index contributed by atoms with van der Waals surface area (Å²) in [6.07, 6.45) is 3.63. The zero-order valence-electron chi connectivity index (χ0n) is 16.2. The monoisotopic (exact) mass is 420 g/mol. The van der Waals surface area contributed by atoms with Crippen molar-refractivity contribution in [1.29, 1.82) is 0 Å². The first-order valence-electron chi connectivity index (χ1n) is 9.34. The molecule has 2 N–H and O–H groups in total. The molecule has 0 aliphatic rings. The van der Waals surface area contributed by atoms with E-state index in [1.807, 2.05) is 76.8 Å². The number of nitrogens with one attached hydrogen (secondary N) is 2. The molecule has 30 heavy (non-hydrogen) atoms. The lowest BCUT2D eigenvalue weighted by molar-refractivity contribution is -0.118. The topological polar surface area (TPSA) is 84.7 Å². The zero-order chi connectivity index (χ0) is 20.9. The number of ether oxygens (including phenoxy) is 1. The van der Waals surface area contributed by atoms with Crippen LogP contribution in [-0.2, 0) is 16.0 Å². The average Bonchev–Trinajstić information content (AvgIpc) is 3.37. The number of hydrogen-bond acceptors (Lipinski definition) is 5. The number of carbonyl (C=O) groups excluding carboxylic acids is 2. The van der Waals surface area contributed by atoms with Crippen molar-refractivity contribution >= 4 is 34.0 Å². The first kappa shape index (κ1) is 19.7. The van der Waals surface area contributed by atoms with E-state index in [2.05, 4.69) is 20.4 Å². The summed E-state index contributed by atoms with van der Waals surface area (Å²) in [6, 6.07) is 16.2. The van der Waals surface area contributed by atoms with Gasteiger partial charge in [-0.15, -0.1) is 11.3 Å². The van der Waals surface area contributed by atoms with Gasteiger partial charge in [-0.05, 0) is 17.7 Å². The highest BCUT2D eigenvalue weighted by Crippen LogP contribution is 2.23. The normalized spacial score (nSPS) is 11.8. The van der Waals surface area contributed by atoms with Crippen molar-refractivity contribution in [2.75, 3.05) is 12.4 Å². The van der Waals surface area contributed by atoms with Gasteiger partial charge in [-0.25, -0.2) is 9.78 Å². The van der Waals surface area contributed by atoms with E-state index in [-0.39, 0.29) is 5.91 Å². The van der Waals surface area contributed by atoms with Gasteiger partial charge in [-0.2, -0.15) is 0 Å². The molecule has 2 amide bonds. The van der Waals surface area contributed by atoms with Crippen LogP contribution in [0.15, 0.2) is 72.4 Å². The number of thiazole rings is 1. The molecule has 0 bridgehead atoms. The molecule has 2 aromatic heterocycles. The third-order valence-electron chi connectivity index (χ3n) is 4.62. The van der Waals surface area contributed by atoms with Crippen LogP contribution in [0.1, 0.15) is 5.56 Å². The second kappa shape index (κ2) is 8.79. The van der Waals surface area contributed by atoms with Gasteiger partial charge in [0.1, 0.15) is 6.04 Å². The number of alkyl carbamates (subject to hydrolysis) is 1. The van der Waals surface area contributed by atoms with Gasteiger partial charge < -0.3 is 15.4 Å². The van der Waals surface area contributed by atoms with Crippen molar-refractivity contribution in [2.45, 2.75) is 12.5 Å². The molecule has 0 saturated carbocycles. The minimum atomic E-state index is -0.764. The van der Waals surface area contributed by atoms with Crippen molar-refractivity contribution in [3.63, 3.8) is 0 Å². The highest BCUT2D eigenvalue weighted by atomic mass is 32.1. The second-order valence-corrected chi connectivity index (χ2v) is 7.54.